The highest BCUT2D eigenvalue weighted by molar-refractivity contribution is 6.07. The molecule has 1 heterocycles. The third-order valence-corrected chi connectivity index (χ3v) is 5.09. The molecule has 6 heteroatoms. The van der Waals surface area contributed by atoms with Crippen LogP contribution in [-0.2, 0) is 5.41 Å². The molecule has 1 N–H and O–H groups in total. The molecule has 1 atom stereocenters. The molecule has 1 aromatic heterocycles. The predicted molar refractivity (Wildman–Crippen MR) is 107 cm³/mol. The van der Waals surface area contributed by atoms with E-state index in [2.05, 4.69) is 36.5 Å². The van der Waals surface area contributed by atoms with Crippen LogP contribution in [0, 0.1) is 0 Å². The van der Waals surface area contributed by atoms with E-state index in [-0.39, 0.29) is 11.3 Å². The van der Waals surface area contributed by atoms with Crippen LogP contribution in [-0.4, -0.2) is 25.3 Å². The average molecular weight is 380 g/mol. The van der Waals surface area contributed by atoms with Gasteiger partial charge in [0.1, 0.15) is 17.1 Å². The summed E-state index contributed by atoms with van der Waals surface area (Å²) >= 11 is 0. The molecule has 0 aliphatic rings. The van der Waals surface area contributed by atoms with Crippen LogP contribution in [0.2, 0.25) is 0 Å². The summed E-state index contributed by atoms with van der Waals surface area (Å²) in [5.74, 6) is 0.706. The number of methoxy groups -OCH3 is 2. The summed E-state index contributed by atoms with van der Waals surface area (Å²) in [5.41, 5.74) is 1.86. The summed E-state index contributed by atoms with van der Waals surface area (Å²) in [6.45, 7) is 4.20. The third kappa shape index (κ3) is 3.58. The first-order chi connectivity index (χ1) is 13.5. The van der Waals surface area contributed by atoms with Crippen molar-refractivity contribution in [3.8, 4) is 11.5 Å². The Morgan fingerprint density at radius 1 is 1.07 bits per heavy atom. The van der Waals surface area contributed by atoms with Gasteiger partial charge in [-0.3, -0.25) is 10.1 Å². The maximum atomic E-state index is 12.8. The van der Waals surface area contributed by atoms with Crippen molar-refractivity contribution in [3.63, 3.8) is 0 Å². The number of nitrogens with one attached hydrogen (secondary N) is 1. The molecule has 1 unspecified atom stereocenters. The number of carbonyl (C=O) groups excluding carboxylic acids is 1. The van der Waals surface area contributed by atoms with E-state index in [1.54, 1.807) is 24.3 Å². The van der Waals surface area contributed by atoms with E-state index in [0.717, 1.165) is 17.7 Å². The van der Waals surface area contributed by atoms with E-state index in [1.165, 1.54) is 14.2 Å². The van der Waals surface area contributed by atoms with E-state index in [4.69, 9.17) is 14.0 Å². The van der Waals surface area contributed by atoms with E-state index < -0.39 is 5.91 Å². The number of carbonyl (C=O) groups is 1. The molecule has 3 aromatic rings. The van der Waals surface area contributed by atoms with Gasteiger partial charge in [-0.25, -0.2) is 0 Å². The maximum Gasteiger partial charge on any atom is 0.265 e. The Balaban J connectivity index is 1.89. The Morgan fingerprint density at radius 2 is 1.71 bits per heavy atom. The minimum absolute atomic E-state index is 0.267. The summed E-state index contributed by atoms with van der Waals surface area (Å²) < 4.78 is 16.0. The van der Waals surface area contributed by atoms with E-state index in [9.17, 15) is 4.79 Å². The lowest BCUT2D eigenvalue weighted by molar-refractivity contribution is 0.101. The van der Waals surface area contributed by atoms with Crippen LogP contribution < -0.4 is 14.8 Å². The molecule has 0 aliphatic carbocycles. The molecule has 0 saturated carbocycles. The zero-order valence-electron chi connectivity index (χ0n) is 16.5. The van der Waals surface area contributed by atoms with Gasteiger partial charge in [-0.15, -0.1) is 0 Å². The van der Waals surface area contributed by atoms with Gasteiger partial charge in [-0.1, -0.05) is 48.5 Å². The molecule has 0 radical (unpaired) electrons. The Bertz CT molecular complexity index is 930. The van der Waals surface area contributed by atoms with Gasteiger partial charge in [0.25, 0.3) is 5.91 Å². The largest absolute Gasteiger partial charge is 0.496 e. The molecule has 3 rings (SSSR count). The lowest BCUT2D eigenvalue weighted by Gasteiger charge is -2.26. The van der Waals surface area contributed by atoms with Crippen LogP contribution >= 0.6 is 0 Å². The molecule has 0 fully saturated rings. The highest BCUT2D eigenvalue weighted by Gasteiger charge is 2.31. The zero-order valence-corrected chi connectivity index (χ0v) is 16.5. The number of aromatic nitrogens is 1. The van der Waals surface area contributed by atoms with Gasteiger partial charge in [0.05, 0.1) is 19.9 Å². The first-order valence-corrected chi connectivity index (χ1v) is 9.08. The fraction of sp³-hybridized carbons (Fsp3) is 0.273. The van der Waals surface area contributed by atoms with Crippen LogP contribution in [0.4, 0.5) is 5.88 Å². The monoisotopic (exact) mass is 380 g/mol. The molecule has 0 bridgehead atoms. The van der Waals surface area contributed by atoms with Crippen molar-refractivity contribution >= 4 is 11.8 Å². The summed E-state index contributed by atoms with van der Waals surface area (Å²) in [5, 5.41) is 6.96. The number of amides is 1. The smallest absolute Gasteiger partial charge is 0.265 e. The molecule has 0 spiro atoms. The minimum Gasteiger partial charge on any atom is -0.496 e. The van der Waals surface area contributed by atoms with Crippen LogP contribution in [0.1, 0.15) is 41.9 Å². The fourth-order valence-corrected chi connectivity index (χ4v) is 3.18. The summed E-state index contributed by atoms with van der Waals surface area (Å²) in [6.07, 6.45) is 0.831. The van der Waals surface area contributed by atoms with Crippen molar-refractivity contribution in [2.45, 2.75) is 25.7 Å². The first-order valence-electron chi connectivity index (χ1n) is 9.08. The van der Waals surface area contributed by atoms with E-state index in [1.807, 2.05) is 18.2 Å². The van der Waals surface area contributed by atoms with Crippen LogP contribution in [0.25, 0.3) is 0 Å². The number of nitrogens with zero attached hydrogens (tertiary/aromatic N) is 1. The van der Waals surface area contributed by atoms with Crippen molar-refractivity contribution in [2.24, 2.45) is 0 Å². The molecule has 2 aromatic carbocycles. The maximum absolute atomic E-state index is 12.8. The third-order valence-electron chi connectivity index (χ3n) is 5.09. The second-order valence-electron chi connectivity index (χ2n) is 6.62. The van der Waals surface area contributed by atoms with Crippen molar-refractivity contribution in [1.29, 1.82) is 0 Å². The van der Waals surface area contributed by atoms with Gasteiger partial charge < -0.3 is 14.0 Å². The van der Waals surface area contributed by atoms with Gasteiger partial charge in [-0.05, 0) is 31.0 Å². The van der Waals surface area contributed by atoms with Gasteiger partial charge in [-0.2, -0.15) is 0 Å². The van der Waals surface area contributed by atoms with Gasteiger partial charge in [0.15, 0.2) is 0 Å². The zero-order chi connectivity index (χ0) is 20.1. The second-order valence-corrected chi connectivity index (χ2v) is 6.62. The quantitative estimate of drug-likeness (QED) is 0.645. The average Bonchev–Trinajstić information content (AvgIpc) is 3.21. The number of ether oxygens (including phenoxy) is 2. The highest BCUT2D eigenvalue weighted by Crippen LogP contribution is 2.36. The predicted octanol–water partition coefficient (Wildman–Crippen LogP) is 4.66. The van der Waals surface area contributed by atoms with Crippen molar-refractivity contribution < 1.29 is 18.8 Å². The van der Waals surface area contributed by atoms with E-state index in [0.29, 0.717) is 17.1 Å². The minimum atomic E-state index is -0.394. The van der Waals surface area contributed by atoms with Crippen molar-refractivity contribution in [3.05, 3.63) is 71.4 Å². The molecule has 0 saturated heterocycles. The topological polar surface area (TPSA) is 73.6 Å². The molecular weight excluding hydrogens is 356 g/mol. The molecule has 0 aliphatic heterocycles. The molecule has 28 heavy (non-hydrogen) atoms. The SMILES string of the molecule is CCC(C)(c1ccccc1)c1cc(NC(=O)c2c(OC)cccc2OC)on1. The Labute approximate surface area is 164 Å². The molecule has 6 nitrogen and oxygen atoms in total. The first kappa shape index (κ1) is 19.5. The van der Waals surface area contributed by atoms with Gasteiger partial charge >= 0.3 is 0 Å². The summed E-state index contributed by atoms with van der Waals surface area (Å²) in [7, 11) is 3.01. The highest BCUT2D eigenvalue weighted by atomic mass is 16.5. The lowest BCUT2D eigenvalue weighted by atomic mass is 9.77. The van der Waals surface area contributed by atoms with Crippen LogP contribution in [0.3, 0.4) is 0 Å². The van der Waals surface area contributed by atoms with Crippen LogP contribution in [0.15, 0.2) is 59.1 Å². The standard InChI is InChI=1S/C22H24N2O4/c1-5-22(2,15-10-7-6-8-11-15)18-14-19(28-24-18)23-21(25)20-16(26-3)12-9-13-17(20)27-4/h6-14H,5H2,1-4H3,(H,23,25). The molecule has 146 valence electrons. The number of hydrogen-bond acceptors (Lipinski definition) is 5. The van der Waals surface area contributed by atoms with Gasteiger partial charge in [0.2, 0.25) is 5.88 Å². The van der Waals surface area contributed by atoms with E-state index >= 15 is 0 Å². The number of anilines is 1. The summed E-state index contributed by atoms with van der Waals surface area (Å²) in [4.78, 5) is 12.8. The Morgan fingerprint density at radius 3 is 2.29 bits per heavy atom. The van der Waals surface area contributed by atoms with Gasteiger partial charge in [0, 0.05) is 11.5 Å². The lowest BCUT2D eigenvalue weighted by Crippen LogP contribution is -2.22. The second kappa shape index (κ2) is 8.17. The number of rotatable bonds is 7. The molecular formula is C22H24N2O4. The summed E-state index contributed by atoms with van der Waals surface area (Å²) in [6, 6.07) is 17.0. The normalized spacial score (nSPS) is 12.9. The van der Waals surface area contributed by atoms with Crippen molar-refractivity contribution in [2.75, 3.05) is 19.5 Å². The molecule has 1 amide bonds. The number of benzene rings is 2. The Kier molecular flexibility index (Phi) is 5.68. The fourth-order valence-electron chi connectivity index (χ4n) is 3.18. The van der Waals surface area contributed by atoms with Crippen molar-refractivity contribution in [1.82, 2.24) is 5.16 Å². The Hall–Kier alpha value is -3.28. The van der Waals surface area contributed by atoms with Crippen LogP contribution in [0.5, 0.6) is 11.5 Å². The number of hydrogen-bond donors (Lipinski definition) is 1.